The molecule has 7 nitrogen and oxygen atoms in total. The van der Waals surface area contributed by atoms with Gasteiger partial charge in [0.1, 0.15) is 24.2 Å². The number of aryl methyl sites for hydroxylation is 1. The van der Waals surface area contributed by atoms with Crippen LogP contribution in [0.5, 0.6) is 11.5 Å². The standard InChI is InChI=1S/C27H33NO6/c1-17(29)10-19-4-5-22(26(11-19)32-3)16-33-23-8-9-25-18(2)21(7-6-20(25)12-23)13-28-14-24(15-28)34-27(30)31/h4-5,8-9,11-12,17,24,29H,6-7,10,13-16H2,1-3H3,(H,30,31). The number of benzene rings is 2. The Morgan fingerprint density at radius 3 is 2.68 bits per heavy atom. The van der Waals surface area contributed by atoms with Crippen LogP contribution in [-0.4, -0.2) is 60.2 Å². The Morgan fingerprint density at radius 1 is 1.18 bits per heavy atom. The third kappa shape index (κ3) is 5.72. The van der Waals surface area contributed by atoms with Gasteiger partial charge in [-0.1, -0.05) is 23.8 Å². The molecule has 1 heterocycles. The molecule has 2 aromatic carbocycles. The lowest BCUT2D eigenvalue weighted by atomic mass is 9.85. The zero-order valence-electron chi connectivity index (χ0n) is 20.0. The first kappa shape index (κ1) is 24.1. The normalized spacial score (nSPS) is 17.1. The smallest absolute Gasteiger partial charge is 0.496 e. The summed E-state index contributed by atoms with van der Waals surface area (Å²) < 4.78 is 16.5. The number of carboxylic acid groups (broad SMARTS) is 1. The highest BCUT2D eigenvalue weighted by atomic mass is 16.7. The zero-order valence-corrected chi connectivity index (χ0v) is 20.0. The first-order valence-corrected chi connectivity index (χ1v) is 11.7. The molecule has 1 atom stereocenters. The minimum Gasteiger partial charge on any atom is -0.496 e. The number of ether oxygens (including phenoxy) is 3. The minimum atomic E-state index is -1.20. The number of aliphatic hydroxyl groups is 1. The van der Waals surface area contributed by atoms with E-state index >= 15 is 0 Å². The predicted molar refractivity (Wildman–Crippen MR) is 129 cm³/mol. The maximum absolute atomic E-state index is 10.6. The molecule has 4 rings (SSSR count). The van der Waals surface area contributed by atoms with Gasteiger partial charge in [-0.15, -0.1) is 0 Å². The highest BCUT2D eigenvalue weighted by Gasteiger charge is 2.31. The van der Waals surface area contributed by atoms with E-state index in [2.05, 4.69) is 24.0 Å². The van der Waals surface area contributed by atoms with E-state index in [9.17, 15) is 9.90 Å². The van der Waals surface area contributed by atoms with Gasteiger partial charge in [-0.3, -0.25) is 4.90 Å². The molecule has 1 unspecified atom stereocenters. The lowest BCUT2D eigenvalue weighted by Crippen LogP contribution is -2.53. The number of carbonyl (C=O) groups is 1. The van der Waals surface area contributed by atoms with E-state index in [1.165, 1.54) is 22.3 Å². The highest BCUT2D eigenvalue weighted by Crippen LogP contribution is 2.34. The minimum absolute atomic E-state index is 0.206. The Kier molecular flexibility index (Phi) is 7.44. The van der Waals surface area contributed by atoms with E-state index in [0.29, 0.717) is 26.1 Å². The monoisotopic (exact) mass is 467 g/mol. The molecule has 0 bridgehead atoms. The lowest BCUT2D eigenvalue weighted by molar-refractivity contribution is -0.0292. The second kappa shape index (κ2) is 10.5. The zero-order chi connectivity index (χ0) is 24.2. The van der Waals surface area contributed by atoms with E-state index in [1.54, 1.807) is 14.0 Å². The third-order valence-electron chi connectivity index (χ3n) is 6.59. The number of rotatable bonds is 9. The maximum Gasteiger partial charge on any atom is 0.506 e. The van der Waals surface area contributed by atoms with Crippen molar-refractivity contribution in [2.45, 2.75) is 51.9 Å². The molecule has 2 N–H and O–H groups in total. The van der Waals surface area contributed by atoms with Gasteiger partial charge in [0, 0.05) is 25.2 Å². The van der Waals surface area contributed by atoms with Crippen LogP contribution in [0.2, 0.25) is 0 Å². The van der Waals surface area contributed by atoms with Crippen molar-refractivity contribution >= 4 is 11.7 Å². The van der Waals surface area contributed by atoms with Gasteiger partial charge in [-0.05, 0) is 73.6 Å². The van der Waals surface area contributed by atoms with Crippen LogP contribution in [0.4, 0.5) is 4.79 Å². The quantitative estimate of drug-likeness (QED) is 0.532. The summed E-state index contributed by atoms with van der Waals surface area (Å²) in [7, 11) is 1.65. The van der Waals surface area contributed by atoms with Gasteiger partial charge in [-0.25, -0.2) is 4.79 Å². The molecule has 7 heteroatoms. The molecular formula is C27H33NO6. The Hall–Kier alpha value is -3.03. The molecule has 1 aliphatic carbocycles. The second-order valence-corrected chi connectivity index (χ2v) is 9.24. The number of allylic oxidation sites excluding steroid dienone is 1. The van der Waals surface area contributed by atoms with Crippen LogP contribution < -0.4 is 9.47 Å². The molecule has 0 aromatic heterocycles. The van der Waals surface area contributed by atoms with Gasteiger partial charge in [0.15, 0.2) is 0 Å². The molecule has 0 saturated carbocycles. The molecular weight excluding hydrogens is 434 g/mol. The number of hydrogen-bond donors (Lipinski definition) is 2. The van der Waals surface area contributed by atoms with Crippen molar-refractivity contribution in [3.8, 4) is 11.5 Å². The van der Waals surface area contributed by atoms with Crippen LogP contribution in [0.1, 0.15) is 42.5 Å². The first-order chi connectivity index (χ1) is 16.3. The van der Waals surface area contributed by atoms with Crippen LogP contribution in [-0.2, 0) is 24.2 Å². The first-order valence-electron chi connectivity index (χ1n) is 11.7. The summed E-state index contributed by atoms with van der Waals surface area (Å²) in [5.74, 6) is 1.60. The number of nitrogens with zero attached hydrogens (tertiary/aromatic N) is 1. The summed E-state index contributed by atoms with van der Waals surface area (Å²) in [4.78, 5) is 12.9. The summed E-state index contributed by atoms with van der Waals surface area (Å²) in [6, 6.07) is 12.2. The molecule has 0 spiro atoms. The van der Waals surface area contributed by atoms with E-state index < -0.39 is 12.3 Å². The number of likely N-dealkylation sites (tertiary alicyclic amines) is 1. The number of hydrogen-bond acceptors (Lipinski definition) is 6. The molecule has 2 aliphatic rings. The maximum atomic E-state index is 10.6. The third-order valence-corrected chi connectivity index (χ3v) is 6.59. The van der Waals surface area contributed by atoms with Gasteiger partial charge < -0.3 is 24.4 Å². The second-order valence-electron chi connectivity index (χ2n) is 9.24. The molecule has 34 heavy (non-hydrogen) atoms. The van der Waals surface area contributed by atoms with Gasteiger partial charge in [0.05, 0.1) is 13.2 Å². The fourth-order valence-electron chi connectivity index (χ4n) is 4.77. The van der Waals surface area contributed by atoms with Crippen molar-refractivity contribution < 1.29 is 29.2 Å². The van der Waals surface area contributed by atoms with Gasteiger partial charge >= 0.3 is 6.16 Å². The van der Waals surface area contributed by atoms with E-state index in [1.807, 2.05) is 24.3 Å². The van der Waals surface area contributed by atoms with Crippen molar-refractivity contribution in [2.24, 2.45) is 0 Å². The summed E-state index contributed by atoms with van der Waals surface area (Å²) >= 11 is 0. The van der Waals surface area contributed by atoms with Gasteiger partial charge in [-0.2, -0.15) is 0 Å². The Labute approximate surface area is 200 Å². The Bertz CT molecular complexity index is 1070. The van der Waals surface area contributed by atoms with Crippen molar-refractivity contribution in [2.75, 3.05) is 26.7 Å². The lowest BCUT2D eigenvalue weighted by Gasteiger charge is -2.39. The fraction of sp³-hybridized carbons (Fsp3) is 0.444. The number of aliphatic hydroxyl groups excluding tert-OH is 1. The molecule has 182 valence electrons. The van der Waals surface area contributed by atoms with Crippen molar-refractivity contribution in [3.63, 3.8) is 0 Å². The summed E-state index contributed by atoms with van der Waals surface area (Å²) in [6.07, 6.45) is 0.736. The summed E-state index contributed by atoms with van der Waals surface area (Å²) in [6.45, 7) is 6.52. The topological polar surface area (TPSA) is 88.5 Å². The van der Waals surface area contributed by atoms with Gasteiger partial charge in [0.2, 0.25) is 0 Å². The SMILES string of the molecule is COc1cc(CC(C)O)ccc1COc1ccc2c(c1)CCC(CN1CC(OC(=O)O)C1)=C2C. The van der Waals surface area contributed by atoms with Crippen molar-refractivity contribution in [3.05, 3.63) is 64.2 Å². The van der Waals surface area contributed by atoms with Crippen LogP contribution in [0.3, 0.4) is 0 Å². The average molecular weight is 468 g/mol. The fourth-order valence-corrected chi connectivity index (χ4v) is 4.77. The highest BCUT2D eigenvalue weighted by molar-refractivity contribution is 5.72. The van der Waals surface area contributed by atoms with Crippen LogP contribution in [0, 0.1) is 0 Å². The predicted octanol–water partition coefficient (Wildman–Crippen LogP) is 4.30. The van der Waals surface area contributed by atoms with E-state index in [-0.39, 0.29) is 6.10 Å². The largest absolute Gasteiger partial charge is 0.506 e. The molecule has 1 saturated heterocycles. The molecule has 2 aromatic rings. The Morgan fingerprint density at radius 2 is 1.97 bits per heavy atom. The van der Waals surface area contributed by atoms with Gasteiger partial charge in [0.25, 0.3) is 0 Å². The van der Waals surface area contributed by atoms with Crippen molar-refractivity contribution in [1.29, 1.82) is 0 Å². The van der Waals surface area contributed by atoms with Crippen LogP contribution >= 0.6 is 0 Å². The van der Waals surface area contributed by atoms with Crippen LogP contribution in [0.25, 0.3) is 5.57 Å². The molecule has 0 amide bonds. The molecule has 1 aliphatic heterocycles. The number of fused-ring (bicyclic) bond motifs is 1. The van der Waals surface area contributed by atoms with E-state index in [0.717, 1.165) is 42.0 Å². The van der Waals surface area contributed by atoms with Crippen LogP contribution in [0.15, 0.2) is 42.0 Å². The molecule has 0 radical (unpaired) electrons. The average Bonchev–Trinajstić information content (AvgIpc) is 2.77. The Balaban J connectivity index is 1.38. The van der Waals surface area contributed by atoms with Crippen molar-refractivity contribution in [1.82, 2.24) is 4.90 Å². The molecule has 1 fully saturated rings. The number of methoxy groups -OCH3 is 1. The summed E-state index contributed by atoms with van der Waals surface area (Å²) in [5, 5.41) is 18.3. The summed E-state index contributed by atoms with van der Waals surface area (Å²) in [5.41, 5.74) is 7.24. The van der Waals surface area contributed by atoms with E-state index in [4.69, 9.17) is 19.3 Å².